The molecule has 4 nitrogen and oxygen atoms in total. The van der Waals surface area contributed by atoms with E-state index in [4.69, 9.17) is 0 Å². The number of Topliss-reactive ketones (excluding diaryl/α,β-unsaturated/α-hetero) is 2. The fraction of sp³-hybridized carbons (Fsp3) is 0.271. The molecule has 4 aromatic carbocycles. The first kappa shape index (κ1) is 36.2. The molecule has 0 fully saturated rings. The van der Waals surface area contributed by atoms with Crippen molar-refractivity contribution >= 4 is 56.6 Å². The van der Waals surface area contributed by atoms with E-state index in [0.717, 1.165) is 38.8 Å². The lowest BCUT2D eigenvalue weighted by molar-refractivity contribution is -0.669. The van der Waals surface area contributed by atoms with Gasteiger partial charge in [-0.25, -0.2) is 0 Å². The van der Waals surface area contributed by atoms with Crippen LogP contribution < -0.4 is 9.47 Å². The van der Waals surface area contributed by atoms with E-state index in [-0.39, 0.29) is 11.6 Å². The summed E-state index contributed by atoms with van der Waals surface area (Å²) in [5.41, 5.74) is 11.6. The number of thiazole rings is 1. The molecule has 5 aromatic rings. The average Bonchev–Trinajstić information content (AvgIpc) is 3.70. The van der Waals surface area contributed by atoms with E-state index in [1.54, 1.807) is 13.8 Å². The van der Waals surface area contributed by atoms with Crippen molar-refractivity contribution in [2.45, 2.75) is 76.7 Å². The van der Waals surface area contributed by atoms with Gasteiger partial charge in [-0.15, -0.1) is 0 Å². The molecule has 0 radical (unpaired) electrons. The van der Waals surface area contributed by atoms with Gasteiger partial charge in [-0.2, -0.15) is 4.57 Å². The van der Waals surface area contributed by atoms with E-state index in [1.165, 1.54) is 82.7 Å². The smallest absolute Gasteiger partial charge is 0.263 e. The Hall–Kier alpha value is -4.78. The Bertz CT molecular complexity index is 2330. The lowest BCUT2D eigenvalue weighted by atomic mass is 9.77. The Kier molecular flexibility index (Phi) is 10.9. The number of carbonyl (C=O) groups is 2. The van der Waals surface area contributed by atoms with Crippen molar-refractivity contribution in [2.75, 3.05) is 11.4 Å². The highest BCUT2D eigenvalue weighted by molar-refractivity contribution is 8.03. The van der Waals surface area contributed by atoms with Gasteiger partial charge in [0.15, 0.2) is 6.54 Å². The summed E-state index contributed by atoms with van der Waals surface area (Å²) in [6.45, 7) is 5.04. The third-order valence-electron chi connectivity index (χ3n) is 10.9. The number of hydrogen-bond donors (Lipinski definition) is 0. The molecule has 6 heteroatoms. The second-order valence-electron chi connectivity index (χ2n) is 14.9. The predicted molar refractivity (Wildman–Crippen MR) is 227 cm³/mol. The molecule has 2 aliphatic carbocycles. The molecule has 2 heterocycles. The largest absolute Gasteiger partial charge is 0.335 e. The fourth-order valence-electron chi connectivity index (χ4n) is 8.03. The minimum Gasteiger partial charge on any atom is -0.335 e. The zero-order valence-corrected chi connectivity index (χ0v) is 32.9. The van der Waals surface area contributed by atoms with Gasteiger partial charge in [-0.3, -0.25) is 0 Å². The maximum absolute atomic E-state index is 11.9. The summed E-state index contributed by atoms with van der Waals surface area (Å²) >= 11 is 3.71. The van der Waals surface area contributed by atoms with Crippen molar-refractivity contribution in [1.82, 2.24) is 0 Å². The van der Waals surface area contributed by atoms with Gasteiger partial charge in [0.25, 0.3) is 5.01 Å². The van der Waals surface area contributed by atoms with E-state index in [0.29, 0.717) is 18.8 Å². The Morgan fingerprint density at radius 1 is 0.759 bits per heavy atom. The molecule has 0 spiro atoms. The first-order chi connectivity index (χ1) is 26.4. The molecule has 54 heavy (non-hydrogen) atoms. The van der Waals surface area contributed by atoms with Crippen LogP contribution in [0.2, 0.25) is 0 Å². The summed E-state index contributed by atoms with van der Waals surface area (Å²) in [7, 11) is 0. The number of aryl methyl sites for hydroxylation is 1. The van der Waals surface area contributed by atoms with Crippen molar-refractivity contribution in [3.63, 3.8) is 0 Å². The molecule has 8 rings (SSSR count). The van der Waals surface area contributed by atoms with E-state index in [2.05, 4.69) is 131 Å². The summed E-state index contributed by atoms with van der Waals surface area (Å²) in [4.78, 5) is 27.4. The highest BCUT2D eigenvalue weighted by Gasteiger charge is 2.28. The number of anilines is 1. The standard InChI is InChI=1S/C48H47N2O2S2/c1-33(51)11-9-25-49-43-23-21-40(37-13-5-3-6-14-37)31-45(43)53-47(49)29-35-17-19-39-20-18-36(28-42(39)27-35)30-48-50(26-10-12-34(2)52)44-24-22-41(32-46(44)54-48)38-15-7-4-8-16-38/h3-8,13-16,21-24,27-32,39H,9-12,17-20,25-26H2,1-2H3/q+1. The molecule has 272 valence electrons. The van der Waals surface area contributed by atoms with Crippen molar-refractivity contribution in [3.8, 4) is 22.3 Å². The average molecular weight is 748 g/mol. The zero-order valence-electron chi connectivity index (χ0n) is 31.2. The van der Waals surface area contributed by atoms with Crippen molar-refractivity contribution in [1.29, 1.82) is 0 Å². The lowest BCUT2D eigenvalue weighted by Gasteiger charge is -2.28. The highest BCUT2D eigenvalue weighted by Crippen LogP contribution is 2.49. The van der Waals surface area contributed by atoms with Crippen LogP contribution in [0.4, 0.5) is 5.69 Å². The van der Waals surface area contributed by atoms with Gasteiger partial charge in [-0.05, 0) is 121 Å². The van der Waals surface area contributed by atoms with Gasteiger partial charge in [0.2, 0.25) is 5.52 Å². The second-order valence-corrected chi connectivity index (χ2v) is 17.0. The number of allylic oxidation sites excluding steroid dienone is 6. The van der Waals surface area contributed by atoms with Crippen LogP contribution in [0.5, 0.6) is 0 Å². The quantitative estimate of drug-likeness (QED) is 0.119. The van der Waals surface area contributed by atoms with E-state index in [9.17, 15) is 9.59 Å². The van der Waals surface area contributed by atoms with Crippen LogP contribution in [0.3, 0.4) is 0 Å². The predicted octanol–water partition coefficient (Wildman–Crippen LogP) is 12.2. The Labute approximate surface area is 327 Å². The van der Waals surface area contributed by atoms with Crippen molar-refractivity contribution < 1.29 is 14.2 Å². The van der Waals surface area contributed by atoms with Crippen LogP contribution in [-0.4, -0.2) is 18.1 Å². The number of hydrogen-bond acceptors (Lipinski definition) is 5. The van der Waals surface area contributed by atoms with Gasteiger partial charge >= 0.3 is 0 Å². The molecule has 1 aromatic heterocycles. The summed E-state index contributed by atoms with van der Waals surface area (Å²) in [6.07, 6.45) is 17.1. The summed E-state index contributed by atoms with van der Waals surface area (Å²) in [5, 5.41) is 2.50. The number of fused-ring (bicyclic) bond motifs is 3. The van der Waals surface area contributed by atoms with Gasteiger partial charge in [0, 0.05) is 42.8 Å². The molecule has 1 aliphatic heterocycles. The van der Waals surface area contributed by atoms with Crippen molar-refractivity contribution in [3.05, 3.63) is 142 Å². The molecule has 3 aliphatic rings. The van der Waals surface area contributed by atoms with E-state index < -0.39 is 0 Å². The maximum Gasteiger partial charge on any atom is 0.263 e. The van der Waals surface area contributed by atoms with Gasteiger partial charge < -0.3 is 14.5 Å². The minimum absolute atomic E-state index is 0.246. The normalized spacial score (nSPS) is 18.1. The molecule has 0 N–H and O–H groups in total. The van der Waals surface area contributed by atoms with Crippen LogP contribution >= 0.6 is 23.1 Å². The first-order valence-electron chi connectivity index (χ1n) is 19.4. The number of carbonyl (C=O) groups excluding carboxylic acids is 2. The molecule has 1 unspecified atom stereocenters. The summed E-state index contributed by atoms with van der Waals surface area (Å²) < 4.78 is 3.71. The Morgan fingerprint density at radius 2 is 1.44 bits per heavy atom. The summed E-state index contributed by atoms with van der Waals surface area (Å²) in [6, 6.07) is 34.8. The summed E-state index contributed by atoms with van der Waals surface area (Å²) in [5.74, 6) is 1.09. The van der Waals surface area contributed by atoms with E-state index in [1.807, 2.05) is 23.1 Å². The molecule has 1 atom stereocenters. The fourth-order valence-corrected chi connectivity index (χ4v) is 10.4. The van der Waals surface area contributed by atoms with Crippen LogP contribution in [0.15, 0.2) is 142 Å². The SMILES string of the molecule is CC(=O)CCCN1C(=CC2=CC3=CC(=Cc4sc5cc(-c6ccccc6)ccc5[n+]4CCCC(C)=O)CCC3CC2)Sc2cc(-c3ccccc3)ccc21. The maximum atomic E-state index is 11.9. The van der Waals surface area contributed by atoms with Gasteiger partial charge in [0.05, 0.1) is 10.7 Å². The molecule has 0 bridgehead atoms. The molecule has 0 amide bonds. The number of ketones is 2. The van der Waals surface area contributed by atoms with E-state index >= 15 is 0 Å². The monoisotopic (exact) mass is 747 g/mol. The number of nitrogens with zero attached hydrogens (tertiary/aromatic N) is 2. The van der Waals surface area contributed by atoms with Gasteiger partial charge in [0.1, 0.15) is 16.3 Å². The zero-order chi connectivity index (χ0) is 37.0. The Morgan fingerprint density at radius 3 is 2.19 bits per heavy atom. The third-order valence-corrected chi connectivity index (χ3v) is 13.0. The minimum atomic E-state index is 0.246. The molecular formula is C48H47N2O2S2+. The molecule has 0 saturated carbocycles. The van der Waals surface area contributed by atoms with Crippen LogP contribution in [-0.2, 0) is 16.1 Å². The molecule has 0 saturated heterocycles. The number of rotatable bonds is 12. The van der Waals surface area contributed by atoms with Crippen LogP contribution in [0.25, 0.3) is 38.5 Å². The number of benzene rings is 4. The van der Waals surface area contributed by atoms with Crippen molar-refractivity contribution in [2.24, 2.45) is 5.92 Å². The highest BCUT2D eigenvalue weighted by atomic mass is 32.2. The lowest BCUT2D eigenvalue weighted by Crippen LogP contribution is -2.35. The third kappa shape index (κ3) is 8.15. The number of thioether (sulfide) groups is 1. The molecular weight excluding hydrogens is 701 g/mol. The number of aromatic nitrogens is 1. The van der Waals surface area contributed by atoms with Gasteiger partial charge in [-0.1, -0.05) is 102 Å². The topological polar surface area (TPSA) is 41.3 Å². The second kappa shape index (κ2) is 16.3. The van der Waals surface area contributed by atoms with Crippen LogP contribution in [0, 0.1) is 5.92 Å². The van der Waals surface area contributed by atoms with Crippen LogP contribution in [0.1, 0.15) is 70.2 Å². The Balaban J connectivity index is 1.10. The first-order valence-corrected chi connectivity index (χ1v) is 21.0.